The number of fused-ring (bicyclic) bond motifs is 1. The van der Waals surface area contributed by atoms with Crippen LogP contribution in [0.5, 0.6) is 5.75 Å². The van der Waals surface area contributed by atoms with E-state index < -0.39 is 0 Å². The minimum atomic E-state index is -0.240. The predicted molar refractivity (Wildman–Crippen MR) is 118 cm³/mol. The fourth-order valence-corrected chi connectivity index (χ4v) is 4.07. The van der Waals surface area contributed by atoms with Crippen molar-refractivity contribution in [3.05, 3.63) is 71.5 Å². The number of rotatable bonds is 5. The first kappa shape index (κ1) is 19.1. The van der Waals surface area contributed by atoms with Crippen LogP contribution in [0, 0.1) is 6.92 Å². The van der Waals surface area contributed by atoms with Gasteiger partial charge in [0.15, 0.2) is 0 Å². The van der Waals surface area contributed by atoms with Gasteiger partial charge in [0, 0.05) is 11.6 Å². The van der Waals surface area contributed by atoms with Crippen LogP contribution in [0.15, 0.2) is 60.8 Å². The lowest BCUT2D eigenvalue weighted by Crippen LogP contribution is -2.14. The van der Waals surface area contributed by atoms with Crippen molar-refractivity contribution in [1.82, 2.24) is 9.97 Å². The topological polar surface area (TPSA) is 64.1 Å². The highest BCUT2D eigenvalue weighted by molar-refractivity contribution is 7.15. The molecule has 0 saturated carbocycles. The quantitative estimate of drug-likeness (QED) is 0.464. The number of nitrogens with zero attached hydrogens (tertiary/aromatic N) is 2. The van der Waals surface area contributed by atoms with Crippen LogP contribution in [0.2, 0.25) is 0 Å². The van der Waals surface area contributed by atoms with Gasteiger partial charge < -0.3 is 10.1 Å². The average molecular weight is 404 g/mol. The molecule has 0 aliphatic heterocycles. The van der Waals surface area contributed by atoms with E-state index in [0.717, 1.165) is 26.4 Å². The van der Waals surface area contributed by atoms with Gasteiger partial charge in [0.05, 0.1) is 21.7 Å². The van der Waals surface area contributed by atoms with Crippen LogP contribution < -0.4 is 10.1 Å². The van der Waals surface area contributed by atoms with Crippen LogP contribution in [0.4, 0.5) is 5.69 Å². The Morgan fingerprint density at radius 3 is 2.62 bits per heavy atom. The molecule has 0 saturated heterocycles. The first-order valence-electron chi connectivity index (χ1n) is 9.41. The maximum atomic E-state index is 13.1. The van der Waals surface area contributed by atoms with Crippen LogP contribution >= 0.6 is 11.3 Å². The molecule has 0 bridgehead atoms. The number of pyridine rings is 1. The molecule has 0 fully saturated rings. The number of aryl methyl sites for hydroxylation is 1. The molecule has 2 heterocycles. The van der Waals surface area contributed by atoms with Gasteiger partial charge in [0.25, 0.3) is 5.91 Å². The lowest BCUT2D eigenvalue weighted by molar-refractivity contribution is 0.102. The Balaban J connectivity index is 1.71. The molecular weight excluding hydrogens is 382 g/mol. The van der Waals surface area contributed by atoms with Gasteiger partial charge in [-0.05, 0) is 50.6 Å². The Labute approximate surface area is 173 Å². The molecule has 4 aromatic rings. The maximum Gasteiger partial charge on any atom is 0.275 e. The summed E-state index contributed by atoms with van der Waals surface area (Å²) in [6.45, 7) is 5.85. The average Bonchev–Trinajstić information content (AvgIpc) is 3.12. The standard InChI is InChI=1S/C23H21N3O2S/c1-14(2)28-19-12-11-18(17-10-7-13-24-20(17)19)26-23(27)21-22(29-15(3)25-21)16-8-5-4-6-9-16/h4-14H,1-3H3,(H,26,27). The minimum Gasteiger partial charge on any atom is -0.489 e. The molecule has 4 rings (SSSR count). The van der Waals surface area contributed by atoms with E-state index in [4.69, 9.17) is 4.74 Å². The molecule has 6 heteroatoms. The molecule has 5 nitrogen and oxygen atoms in total. The summed E-state index contributed by atoms with van der Waals surface area (Å²) in [5, 5.41) is 4.69. The second kappa shape index (κ2) is 8.01. The lowest BCUT2D eigenvalue weighted by Gasteiger charge is -2.14. The number of anilines is 1. The third kappa shape index (κ3) is 3.98. The number of hydrogen-bond acceptors (Lipinski definition) is 5. The van der Waals surface area contributed by atoms with E-state index in [1.165, 1.54) is 11.3 Å². The number of aromatic nitrogens is 2. The highest BCUT2D eigenvalue weighted by atomic mass is 32.1. The second-order valence-electron chi connectivity index (χ2n) is 6.91. The molecule has 0 unspecified atom stereocenters. The van der Waals surface area contributed by atoms with Gasteiger partial charge >= 0.3 is 0 Å². The van der Waals surface area contributed by atoms with Crippen LogP contribution in [-0.2, 0) is 0 Å². The Morgan fingerprint density at radius 1 is 1.07 bits per heavy atom. The summed E-state index contributed by atoms with van der Waals surface area (Å²) in [6.07, 6.45) is 1.75. The first-order valence-corrected chi connectivity index (χ1v) is 10.2. The molecule has 0 atom stereocenters. The van der Waals surface area contributed by atoms with Crippen LogP contribution in [0.1, 0.15) is 29.3 Å². The summed E-state index contributed by atoms with van der Waals surface area (Å²) in [6, 6.07) is 17.3. The maximum absolute atomic E-state index is 13.1. The second-order valence-corrected chi connectivity index (χ2v) is 8.11. The van der Waals surface area contributed by atoms with Crippen molar-refractivity contribution < 1.29 is 9.53 Å². The summed E-state index contributed by atoms with van der Waals surface area (Å²) in [5.74, 6) is 0.457. The van der Waals surface area contributed by atoms with E-state index in [1.807, 2.05) is 75.4 Å². The number of carbonyl (C=O) groups excluding carboxylic acids is 1. The van der Waals surface area contributed by atoms with Crippen molar-refractivity contribution >= 4 is 33.8 Å². The fourth-order valence-electron chi connectivity index (χ4n) is 3.15. The zero-order valence-electron chi connectivity index (χ0n) is 16.5. The molecule has 146 valence electrons. The lowest BCUT2D eigenvalue weighted by atomic mass is 10.1. The monoisotopic (exact) mass is 403 g/mol. The van der Waals surface area contributed by atoms with E-state index in [1.54, 1.807) is 6.20 Å². The van der Waals surface area contributed by atoms with Crippen molar-refractivity contribution in [2.75, 3.05) is 5.32 Å². The third-order valence-corrected chi connectivity index (χ3v) is 5.35. The normalized spacial score (nSPS) is 11.0. The largest absolute Gasteiger partial charge is 0.489 e. The van der Waals surface area contributed by atoms with Crippen LogP contribution in [0.25, 0.3) is 21.3 Å². The summed E-state index contributed by atoms with van der Waals surface area (Å²) in [5.41, 5.74) is 2.81. The van der Waals surface area contributed by atoms with Gasteiger partial charge in [-0.3, -0.25) is 9.78 Å². The fraction of sp³-hybridized carbons (Fsp3) is 0.174. The third-order valence-electron chi connectivity index (χ3n) is 4.33. The van der Waals surface area contributed by atoms with E-state index in [2.05, 4.69) is 15.3 Å². The molecule has 0 aliphatic carbocycles. The molecule has 0 aliphatic rings. The van der Waals surface area contributed by atoms with Gasteiger partial charge in [0.1, 0.15) is 17.0 Å². The molecule has 1 amide bonds. The number of nitrogens with one attached hydrogen (secondary N) is 1. The molecule has 1 N–H and O–H groups in total. The van der Waals surface area contributed by atoms with Gasteiger partial charge in [0.2, 0.25) is 0 Å². The number of benzene rings is 2. The van der Waals surface area contributed by atoms with Crippen molar-refractivity contribution in [3.63, 3.8) is 0 Å². The van der Waals surface area contributed by atoms with E-state index in [-0.39, 0.29) is 12.0 Å². The van der Waals surface area contributed by atoms with Crippen molar-refractivity contribution in [2.24, 2.45) is 0 Å². The Bertz CT molecular complexity index is 1170. The van der Waals surface area contributed by atoms with Gasteiger partial charge in [-0.25, -0.2) is 4.98 Å². The zero-order valence-corrected chi connectivity index (χ0v) is 17.3. The van der Waals surface area contributed by atoms with E-state index >= 15 is 0 Å². The first-order chi connectivity index (χ1) is 14.0. The molecule has 0 spiro atoms. The molecule has 2 aromatic carbocycles. The summed E-state index contributed by atoms with van der Waals surface area (Å²) < 4.78 is 5.87. The van der Waals surface area contributed by atoms with Crippen molar-refractivity contribution in [1.29, 1.82) is 0 Å². The smallest absolute Gasteiger partial charge is 0.275 e. The Hall–Kier alpha value is -3.25. The zero-order chi connectivity index (χ0) is 20.4. The van der Waals surface area contributed by atoms with Crippen LogP contribution in [-0.4, -0.2) is 22.0 Å². The number of hydrogen-bond donors (Lipinski definition) is 1. The number of thiazole rings is 1. The van der Waals surface area contributed by atoms with Crippen LogP contribution in [0.3, 0.4) is 0 Å². The Kier molecular flexibility index (Phi) is 5.27. The van der Waals surface area contributed by atoms with Gasteiger partial charge in [-0.2, -0.15) is 0 Å². The molecule has 2 aromatic heterocycles. The SMILES string of the molecule is Cc1nc(C(=O)Nc2ccc(OC(C)C)c3ncccc23)c(-c2ccccc2)s1. The minimum absolute atomic E-state index is 0.0343. The summed E-state index contributed by atoms with van der Waals surface area (Å²) >= 11 is 1.51. The molecule has 0 radical (unpaired) electrons. The molecular formula is C23H21N3O2S. The van der Waals surface area contributed by atoms with Crippen molar-refractivity contribution in [3.8, 4) is 16.2 Å². The number of amides is 1. The number of carbonyl (C=O) groups is 1. The number of ether oxygens (including phenoxy) is 1. The van der Waals surface area contributed by atoms with Crippen molar-refractivity contribution in [2.45, 2.75) is 26.9 Å². The molecule has 29 heavy (non-hydrogen) atoms. The van der Waals surface area contributed by atoms with E-state index in [9.17, 15) is 4.79 Å². The highest BCUT2D eigenvalue weighted by Gasteiger charge is 2.20. The van der Waals surface area contributed by atoms with Gasteiger partial charge in [-0.1, -0.05) is 30.3 Å². The summed E-state index contributed by atoms with van der Waals surface area (Å²) in [7, 11) is 0. The predicted octanol–water partition coefficient (Wildman–Crippen LogP) is 5.71. The van der Waals surface area contributed by atoms with E-state index in [0.29, 0.717) is 17.1 Å². The highest BCUT2D eigenvalue weighted by Crippen LogP contribution is 2.33. The van der Waals surface area contributed by atoms with Gasteiger partial charge in [-0.15, -0.1) is 11.3 Å². The summed E-state index contributed by atoms with van der Waals surface area (Å²) in [4.78, 5) is 22.9. The Morgan fingerprint density at radius 2 is 1.86 bits per heavy atom.